The van der Waals surface area contributed by atoms with E-state index in [0.717, 1.165) is 6.07 Å². The van der Waals surface area contributed by atoms with Gasteiger partial charge in [-0.05, 0) is 17.7 Å². The van der Waals surface area contributed by atoms with Crippen molar-refractivity contribution in [3.05, 3.63) is 48.8 Å². The lowest BCUT2D eigenvalue weighted by molar-refractivity contribution is -0.496. The van der Waals surface area contributed by atoms with Gasteiger partial charge in [0.1, 0.15) is 0 Å². The Morgan fingerprint density at radius 3 is 2.83 bits per heavy atom. The lowest BCUT2D eigenvalue weighted by Gasteiger charge is -2.06. The third-order valence-electron chi connectivity index (χ3n) is 1.91. The topological polar surface area (TPSA) is 144 Å². The van der Waals surface area contributed by atoms with Gasteiger partial charge in [-0.2, -0.15) is 5.90 Å². The summed E-state index contributed by atoms with van der Waals surface area (Å²) < 4.78 is 0. The predicted molar refractivity (Wildman–Crippen MR) is 60.6 cm³/mol. The van der Waals surface area contributed by atoms with E-state index < -0.39 is 17.4 Å². The molecule has 0 saturated carbocycles. The summed E-state index contributed by atoms with van der Waals surface area (Å²) in [4.78, 5) is 27.6. The molecule has 94 valence electrons. The first-order chi connectivity index (χ1) is 8.49. The molecule has 18 heavy (non-hydrogen) atoms. The monoisotopic (exact) mass is 271 g/mol. The summed E-state index contributed by atoms with van der Waals surface area (Å²) in [7, 11) is 0. The van der Waals surface area contributed by atoms with Crippen LogP contribution in [-0.4, -0.2) is 10.9 Å². The van der Waals surface area contributed by atoms with Crippen LogP contribution < -0.4 is 5.90 Å². The molecule has 0 bridgehead atoms. The highest BCUT2D eigenvalue weighted by Crippen LogP contribution is 2.31. The molecular weight excluding hydrogens is 266 g/mol. The summed E-state index contributed by atoms with van der Waals surface area (Å²) >= 11 is 5.76. The molecule has 0 unspecified atom stereocenters. The molecule has 0 heterocycles. The van der Waals surface area contributed by atoms with Gasteiger partial charge in [0, 0.05) is 15.4 Å². The molecule has 0 spiro atoms. The second-order valence-electron chi connectivity index (χ2n) is 3.06. The van der Waals surface area contributed by atoms with E-state index in [0.29, 0.717) is 0 Å². The smallest absolute Gasteiger partial charge is 0.357 e. The number of rotatable bonds is 4. The van der Waals surface area contributed by atoms with Gasteiger partial charge in [0.15, 0.2) is 0 Å². The fourth-order valence-corrected chi connectivity index (χ4v) is 1.54. The van der Waals surface area contributed by atoms with Crippen LogP contribution in [0, 0.1) is 10.1 Å². The summed E-state index contributed by atoms with van der Waals surface area (Å²) in [6.45, 7) is -0.541. The Hall–Kier alpha value is -2.35. The molecule has 0 aromatic heterocycles. The average molecular weight is 272 g/mol. The molecule has 0 fully saturated rings. The highest BCUT2D eigenvalue weighted by atomic mass is 35.5. The van der Waals surface area contributed by atoms with Crippen LogP contribution in [0.4, 0.5) is 5.69 Å². The minimum atomic E-state index is -1.01. The van der Waals surface area contributed by atoms with Crippen molar-refractivity contribution < 1.29 is 14.6 Å². The Morgan fingerprint density at radius 2 is 2.33 bits per heavy atom. The molecule has 0 aliphatic rings. The third kappa shape index (κ3) is 3.08. The number of nitrogens with zero attached hydrogens (tertiary/aromatic N) is 4. The molecule has 1 aromatic carbocycles. The largest absolute Gasteiger partial charge is 0.370 e. The number of hydrogen-bond donors (Lipinski definition) is 1. The van der Waals surface area contributed by atoms with Crippen LogP contribution in [0.3, 0.4) is 0 Å². The molecule has 1 aromatic rings. The fraction of sp³-hybridized carbons (Fsp3) is 0.125. The Balaban J connectivity index is 3.40. The van der Waals surface area contributed by atoms with Crippen LogP contribution in [-0.2, 0) is 11.4 Å². The molecule has 0 amide bonds. The van der Waals surface area contributed by atoms with Crippen LogP contribution in [0.5, 0.6) is 0 Å². The van der Waals surface area contributed by atoms with Crippen molar-refractivity contribution in [2.75, 3.05) is 0 Å². The first-order valence-electron chi connectivity index (χ1n) is 4.40. The maximum atomic E-state index is 11.3. The van der Waals surface area contributed by atoms with Crippen LogP contribution in [0.15, 0.2) is 17.2 Å². The summed E-state index contributed by atoms with van der Waals surface area (Å²) in [6.07, 6.45) is 0. The number of carbonyl (C=O) groups is 1. The summed E-state index contributed by atoms with van der Waals surface area (Å²) in [6, 6.07) is 2.36. The van der Waals surface area contributed by atoms with E-state index in [2.05, 4.69) is 14.9 Å². The van der Waals surface area contributed by atoms with Crippen molar-refractivity contribution >= 4 is 23.3 Å². The minimum absolute atomic E-state index is 0.104. The number of nitrogens with two attached hydrogens (primary N) is 1. The maximum Gasteiger partial charge on any atom is 0.357 e. The molecule has 0 saturated heterocycles. The van der Waals surface area contributed by atoms with E-state index in [1.54, 1.807) is 0 Å². The normalized spacial score (nSPS) is 9.44. The summed E-state index contributed by atoms with van der Waals surface area (Å²) in [5, 5.41) is 13.5. The number of nitro groups is 1. The highest BCUT2D eigenvalue weighted by molar-refractivity contribution is 6.33. The SMILES string of the molecule is [N-]=[N+]=Nc1c(Cl)cc(C[N+](=O)[O-])cc1C(=O)ON. The van der Waals surface area contributed by atoms with E-state index in [9.17, 15) is 14.9 Å². The van der Waals surface area contributed by atoms with Gasteiger partial charge >= 0.3 is 5.97 Å². The molecule has 9 nitrogen and oxygen atoms in total. The second kappa shape index (κ2) is 5.82. The Kier molecular flexibility index (Phi) is 4.44. The molecule has 0 aliphatic carbocycles. The molecule has 1 rings (SSSR count). The van der Waals surface area contributed by atoms with Crippen molar-refractivity contribution in [3.63, 3.8) is 0 Å². The third-order valence-corrected chi connectivity index (χ3v) is 2.19. The van der Waals surface area contributed by atoms with E-state index in [4.69, 9.17) is 23.0 Å². The lowest BCUT2D eigenvalue weighted by atomic mass is 10.1. The number of azide groups is 1. The van der Waals surface area contributed by atoms with Gasteiger partial charge in [-0.3, -0.25) is 10.1 Å². The Morgan fingerprint density at radius 1 is 1.67 bits per heavy atom. The number of halogens is 1. The van der Waals surface area contributed by atoms with Gasteiger partial charge in [0.2, 0.25) is 6.54 Å². The van der Waals surface area contributed by atoms with E-state index in [-0.39, 0.29) is 21.8 Å². The summed E-state index contributed by atoms with van der Waals surface area (Å²) in [5.41, 5.74) is 8.07. The zero-order valence-electron chi connectivity index (χ0n) is 8.74. The van der Waals surface area contributed by atoms with Crippen molar-refractivity contribution in [1.82, 2.24) is 0 Å². The van der Waals surface area contributed by atoms with E-state index in [1.807, 2.05) is 0 Å². The molecule has 2 N–H and O–H groups in total. The summed E-state index contributed by atoms with van der Waals surface area (Å²) in [5.74, 6) is 3.70. The van der Waals surface area contributed by atoms with Crippen molar-refractivity contribution in [1.29, 1.82) is 0 Å². The van der Waals surface area contributed by atoms with Gasteiger partial charge in [0.05, 0.1) is 16.3 Å². The Bertz CT molecular complexity index is 555. The van der Waals surface area contributed by atoms with Crippen LogP contribution in [0.1, 0.15) is 15.9 Å². The standard InChI is InChI=1S/C8H6ClN5O4/c9-6-2-4(3-14(16)17)1-5(8(15)18-11)7(6)12-13-10/h1-2H,3,11H2. The molecule has 0 atom stereocenters. The lowest BCUT2D eigenvalue weighted by Crippen LogP contribution is -2.11. The maximum absolute atomic E-state index is 11.3. The van der Waals surface area contributed by atoms with E-state index in [1.165, 1.54) is 6.07 Å². The van der Waals surface area contributed by atoms with Crippen LogP contribution in [0.25, 0.3) is 10.4 Å². The molecule has 10 heteroatoms. The van der Waals surface area contributed by atoms with Crippen molar-refractivity contribution in [2.24, 2.45) is 11.0 Å². The quantitative estimate of drug-likeness (QED) is 0.293. The second-order valence-corrected chi connectivity index (χ2v) is 3.47. The van der Waals surface area contributed by atoms with Gasteiger partial charge in [-0.15, -0.1) is 0 Å². The highest BCUT2D eigenvalue weighted by Gasteiger charge is 2.17. The fourth-order valence-electron chi connectivity index (χ4n) is 1.26. The molecular formula is C8H6ClN5O4. The van der Waals surface area contributed by atoms with Crippen molar-refractivity contribution in [3.8, 4) is 0 Å². The zero-order valence-corrected chi connectivity index (χ0v) is 9.49. The van der Waals surface area contributed by atoms with Gasteiger partial charge in [-0.1, -0.05) is 16.7 Å². The van der Waals surface area contributed by atoms with Crippen LogP contribution >= 0.6 is 11.6 Å². The number of carbonyl (C=O) groups excluding carboxylic acids is 1. The van der Waals surface area contributed by atoms with Gasteiger partial charge in [0.25, 0.3) is 0 Å². The average Bonchev–Trinajstić information content (AvgIpc) is 2.30. The first-order valence-corrected chi connectivity index (χ1v) is 4.77. The Labute approximate surface area is 105 Å². The first kappa shape index (κ1) is 13.7. The number of benzene rings is 1. The number of hydrogen-bond acceptors (Lipinski definition) is 6. The van der Waals surface area contributed by atoms with Gasteiger partial charge < -0.3 is 4.84 Å². The van der Waals surface area contributed by atoms with E-state index >= 15 is 0 Å². The molecule has 0 radical (unpaired) electrons. The van der Waals surface area contributed by atoms with Crippen LogP contribution in [0.2, 0.25) is 5.02 Å². The predicted octanol–water partition coefficient (Wildman–Crippen LogP) is 2.09. The minimum Gasteiger partial charge on any atom is -0.370 e. The molecule has 0 aliphatic heterocycles. The van der Waals surface area contributed by atoms with Gasteiger partial charge in [-0.25, -0.2) is 4.79 Å². The van der Waals surface area contributed by atoms with Crippen molar-refractivity contribution in [2.45, 2.75) is 6.54 Å². The zero-order chi connectivity index (χ0) is 13.7.